The first-order valence-corrected chi connectivity index (χ1v) is 6.00. The fraction of sp³-hybridized carbons (Fsp3) is 0.917. The molecule has 2 rings (SSSR count). The van der Waals surface area contributed by atoms with Gasteiger partial charge in [-0.05, 0) is 0 Å². The number of isocyanates is 1. The number of epoxide rings is 2. The van der Waals surface area contributed by atoms with E-state index in [1.165, 1.54) is 0 Å². The van der Waals surface area contributed by atoms with Crippen LogP contribution in [-0.4, -0.2) is 57.9 Å². The number of hydrogen-bond acceptors (Lipinski definition) is 6. The van der Waals surface area contributed by atoms with Crippen LogP contribution in [0.4, 0.5) is 0 Å². The maximum atomic E-state index is 8.35. The van der Waals surface area contributed by atoms with Crippen molar-refractivity contribution in [3.05, 3.63) is 0 Å². The van der Waals surface area contributed by atoms with Crippen molar-refractivity contribution < 1.29 is 23.7 Å². The van der Waals surface area contributed by atoms with Crippen molar-refractivity contribution in [3.8, 4) is 0 Å². The lowest BCUT2D eigenvalue weighted by Gasteiger charge is -2.23. The summed E-state index contributed by atoms with van der Waals surface area (Å²) in [6.07, 6.45) is 1.45. The van der Waals surface area contributed by atoms with E-state index in [-0.39, 0.29) is 5.41 Å². The van der Waals surface area contributed by atoms with Gasteiger partial charge in [0.05, 0.1) is 39.6 Å². The smallest absolute Gasteiger partial charge is 0.231 e. The molecule has 2 heterocycles. The molecule has 0 radical (unpaired) electrons. The van der Waals surface area contributed by atoms with Crippen molar-refractivity contribution in [3.63, 3.8) is 0 Å². The molecule has 104 valence electrons. The van der Waals surface area contributed by atoms with E-state index in [2.05, 4.69) is 13.8 Å². The van der Waals surface area contributed by atoms with E-state index in [4.69, 9.17) is 29.2 Å². The Morgan fingerprint density at radius 3 is 1.78 bits per heavy atom. The molecule has 2 fully saturated rings. The molecule has 6 heteroatoms. The summed E-state index contributed by atoms with van der Waals surface area (Å²) in [7, 11) is 0. The first kappa shape index (κ1) is 15.3. The molecule has 0 amide bonds. The molecule has 2 aliphatic rings. The van der Waals surface area contributed by atoms with Crippen molar-refractivity contribution in [2.24, 2.45) is 5.41 Å². The lowest BCUT2D eigenvalue weighted by Crippen LogP contribution is -2.27. The number of carbonyl (C=O) groups excluding carboxylic acids is 1. The second kappa shape index (κ2) is 7.61. The van der Waals surface area contributed by atoms with Crippen molar-refractivity contribution in [2.75, 3.05) is 39.6 Å². The Hall–Kier alpha value is -0.780. The van der Waals surface area contributed by atoms with E-state index in [9.17, 15) is 0 Å². The van der Waals surface area contributed by atoms with Crippen LogP contribution in [0.3, 0.4) is 0 Å². The highest BCUT2D eigenvalue weighted by molar-refractivity contribution is 5.26. The van der Waals surface area contributed by atoms with Crippen LogP contribution in [0, 0.1) is 10.8 Å². The van der Waals surface area contributed by atoms with Crippen molar-refractivity contribution in [1.82, 2.24) is 0 Å². The molecule has 0 spiro atoms. The van der Waals surface area contributed by atoms with Crippen LogP contribution in [0.1, 0.15) is 13.8 Å². The Bertz CT molecular complexity index is 248. The van der Waals surface area contributed by atoms with Crippen LogP contribution < -0.4 is 0 Å². The van der Waals surface area contributed by atoms with Gasteiger partial charge in [-0.2, -0.15) is 0 Å². The molecule has 2 saturated heterocycles. The van der Waals surface area contributed by atoms with E-state index < -0.39 is 0 Å². The summed E-state index contributed by atoms with van der Waals surface area (Å²) in [5.41, 5.74) is 0.0732. The quantitative estimate of drug-likeness (QED) is 0.395. The van der Waals surface area contributed by atoms with Gasteiger partial charge in [-0.1, -0.05) is 13.8 Å². The largest absolute Gasteiger partial charge is 0.378 e. The minimum Gasteiger partial charge on any atom is -0.378 e. The summed E-state index contributed by atoms with van der Waals surface area (Å²) in [5.74, 6) is 0. The van der Waals surface area contributed by atoms with Gasteiger partial charge in [-0.15, -0.1) is 0 Å². The molecule has 0 aromatic rings. The van der Waals surface area contributed by atoms with Crippen LogP contribution >= 0.6 is 0 Å². The van der Waals surface area contributed by atoms with Gasteiger partial charge in [0.1, 0.15) is 12.2 Å². The number of rotatable bonds is 8. The molecule has 6 nitrogen and oxygen atoms in total. The minimum absolute atomic E-state index is 0.0732. The van der Waals surface area contributed by atoms with E-state index in [1.54, 1.807) is 0 Å². The topological polar surface area (TPSA) is 84.4 Å². The van der Waals surface area contributed by atoms with E-state index in [1.807, 2.05) is 0 Å². The van der Waals surface area contributed by atoms with Crippen molar-refractivity contribution >= 4 is 6.08 Å². The van der Waals surface area contributed by atoms with Crippen LogP contribution in [0.5, 0.6) is 0 Å². The van der Waals surface area contributed by atoms with E-state index in [0.29, 0.717) is 12.2 Å². The average molecular weight is 259 g/mol. The standard InChI is InChI=1S/C11H20O4.CHNO/c1-11(2,7-12-3-9-5-14-9)8-13-4-10-6-15-10;2-1-3/h9-10H,3-8H2,1-2H3;2H. The van der Waals surface area contributed by atoms with Crippen LogP contribution in [0.2, 0.25) is 0 Å². The average Bonchev–Trinajstić information content (AvgIpc) is 3.13. The third kappa shape index (κ3) is 8.33. The van der Waals surface area contributed by atoms with Crippen molar-refractivity contribution in [2.45, 2.75) is 26.1 Å². The summed E-state index contributed by atoms with van der Waals surface area (Å²) in [4.78, 5) is 8.35. The van der Waals surface area contributed by atoms with Gasteiger partial charge < -0.3 is 18.9 Å². The maximum absolute atomic E-state index is 8.35. The number of ether oxygens (including phenoxy) is 4. The molecular weight excluding hydrogens is 238 g/mol. The van der Waals surface area contributed by atoms with Gasteiger partial charge in [-0.25, -0.2) is 10.2 Å². The first-order valence-electron chi connectivity index (χ1n) is 6.00. The third-order valence-corrected chi connectivity index (χ3v) is 2.40. The van der Waals surface area contributed by atoms with Crippen molar-refractivity contribution in [1.29, 1.82) is 5.41 Å². The lowest BCUT2D eigenvalue weighted by atomic mass is 9.96. The van der Waals surface area contributed by atoms with Gasteiger partial charge in [0.2, 0.25) is 6.08 Å². The molecule has 0 bridgehead atoms. The Labute approximate surface area is 107 Å². The summed E-state index contributed by atoms with van der Waals surface area (Å²) < 4.78 is 21.3. The molecule has 2 atom stereocenters. The summed E-state index contributed by atoms with van der Waals surface area (Å²) in [5, 5.41) is 5.40. The molecule has 0 aromatic heterocycles. The van der Waals surface area contributed by atoms with Gasteiger partial charge in [0.25, 0.3) is 0 Å². The monoisotopic (exact) mass is 259 g/mol. The molecule has 2 unspecified atom stereocenters. The highest BCUT2D eigenvalue weighted by atomic mass is 16.6. The van der Waals surface area contributed by atoms with Gasteiger partial charge in [0, 0.05) is 5.41 Å². The normalized spacial score (nSPS) is 24.8. The molecular formula is C12H21NO5. The number of hydrogen-bond donors (Lipinski definition) is 1. The lowest BCUT2D eigenvalue weighted by molar-refractivity contribution is -0.0101. The second-order valence-electron chi connectivity index (χ2n) is 5.21. The highest BCUT2D eigenvalue weighted by Crippen LogP contribution is 2.19. The molecule has 0 saturated carbocycles. The van der Waals surface area contributed by atoms with E-state index in [0.717, 1.165) is 45.7 Å². The van der Waals surface area contributed by atoms with Gasteiger partial charge >= 0.3 is 0 Å². The maximum Gasteiger partial charge on any atom is 0.231 e. The molecule has 0 aromatic carbocycles. The fourth-order valence-electron chi connectivity index (χ4n) is 1.30. The minimum atomic E-state index is 0.0732. The predicted molar refractivity (Wildman–Crippen MR) is 63.3 cm³/mol. The zero-order valence-electron chi connectivity index (χ0n) is 10.9. The first-order chi connectivity index (χ1) is 8.57. The van der Waals surface area contributed by atoms with Crippen LogP contribution in [0.15, 0.2) is 0 Å². The Balaban J connectivity index is 0.000000492. The summed E-state index contributed by atoms with van der Waals surface area (Å²) >= 11 is 0. The summed E-state index contributed by atoms with van der Waals surface area (Å²) in [6.45, 7) is 8.88. The molecule has 1 N–H and O–H groups in total. The van der Waals surface area contributed by atoms with Gasteiger partial charge in [-0.3, -0.25) is 0 Å². The molecule has 2 aliphatic heterocycles. The zero-order chi connectivity index (χ0) is 13.4. The van der Waals surface area contributed by atoms with Gasteiger partial charge in [0.15, 0.2) is 0 Å². The second-order valence-corrected chi connectivity index (χ2v) is 5.21. The Morgan fingerprint density at radius 2 is 1.50 bits per heavy atom. The van der Waals surface area contributed by atoms with Crippen LogP contribution in [-0.2, 0) is 23.7 Å². The zero-order valence-corrected chi connectivity index (χ0v) is 10.9. The Morgan fingerprint density at radius 1 is 1.17 bits per heavy atom. The third-order valence-electron chi connectivity index (χ3n) is 2.40. The highest BCUT2D eigenvalue weighted by Gasteiger charge is 2.27. The molecule has 18 heavy (non-hydrogen) atoms. The Kier molecular flexibility index (Phi) is 6.46. The molecule has 0 aliphatic carbocycles. The van der Waals surface area contributed by atoms with Crippen LogP contribution in [0.25, 0.3) is 0 Å². The SMILES string of the molecule is CC(C)(COCC1CO1)COCC1CO1.N=C=O. The van der Waals surface area contributed by atoms with E-state index >= 15 is 0 Å². The predicted octanol–water partition coefficient (Wildman–Crippen LogP) is 0.744. The summed E-state index contributed by atoms with van der Waals surface area (Å²) in [6, 6.07) is 0. The fourth-order valence-corrected chi connectivity index (χ4v) is 1.30. The number of nitrogens with one attached hydrogen (secondary N) is 1.